The van der Waals surface area contributed by atoms with E-state index < -0.39 is 28.8 Å². The van der Waals surface area contributed by atoms with Crippen molar-refractivity contribution in [2.24, 2.45) is 0 Å². The van der Waals surface area contributed by atoms with Crippen molar-refractivity contribution < 1.29 is 18.6 Å². The van der Waals surface area contributed by atoms with Crippen molar-refractivity contribution in [3.8, 4) is 0 Å². The lowest BCUT2D eigenvalue weighted by Crippen LogP contribution is -2.53. The quantitative estimate of drug-likeness (QED) is 0.485. The van der Waals surface area contributed by atoms with Gasteiger partial charge in [-0.2, -0.15) is 0 Å². The molecule has 0 saturated heterocycles. The number of fused-ring (bicyclic) bond motifs is 1. The number of anilines is 1. The number of nitrogens with one attached hydrogen (secondary N) is 2. The van der Waals surface area contributed by atoms with Crippen LogP contribution in [-0.2, 0) is 10.0 Å². The van der Waals surface area contributed by atoms with Crippen molar-refractivity contribution in [1.29, 1.82) is 0 Å². The summed E-state index contributed by atoms with van der Waals surface area (Å²) in [5.74, 6) is 0. The van der Waals surface area contributed by atoms with Gasteiger partial charge in [0, 0.05) is 22.8 Å². The SMILES string of the molecule is CCC(CO)(CO)NS(=O)(=O)c1c[nH]c2ccc(N)cc12. The van der Waals surface area contributed by atoms with Gasteiger partial charge in [0.15, 0.2) is 0 Å². The van der Waals surface area contributed by atoms with Crippen LogP contribution in [0.25, 0.3) is 10.9 Å². The minimum Gasteiger partial charge on any atom is -0.399 e. The number of rotatable bonds is 6. The predicted octanol–water partition coefficient (Wildman–Crippen LogP) is 0.162. The largest absolute Gasteiger partial charge is 0.399 e. The number of benzene rings is 1. The Morgan fingerprint density at radius 3 is 2.57 bits per heavy atom. The van der Waals surface area contributed by atoms with Crippen molar-refractivity contribution in [2.75, 3.05) is 18.9 Å². The second-order valence-corrected chi connectivity index (χ2v) is 6.66. The summed E-state index contributed by atoms with van der Waals surface area (Å²) in [6.45, 7) is 0.690. The monoisotopic (exact) mass is 313 g/mol. The van der Waals surface area contributed by atoms with E-state index >= 15 is 0 Å². The molecule has 0 saturated carbocycles. The molecule has 7 nitrogen and oxygen atoms in total. The Labute approximate surface area is 122 Å². The molecule has 6 N–H and O–H groups in total. The Morgan fingerprint density at radius 1 is 1.33 bits per heavy atom. The number of nitrogen functional groups attached to an aromatic ring is 1. The van der Waals surface area contributed by atoms with Gasteiger partial charge < -0.3 is 20.9 Å². The summed E-state index contributed by atoms with van der Waals surface area (Å²) in [6, 6.07) is 4.92. The van der Waals surface area contributed by atoms with Gasteiger partial charge in [0.25, 0.3) is 0 Å². The first-order chi connectivity index (χ1) is 9.87. The highest BCUT2D eigenvalue weighted by atomic mass is 32.2. The lowest BCUT2D eigenvalue weighted by molar-refractivity contribution is 0.105. The molecule has 0 spiro atoms. The van der Waals surface area contributed by atoms with Crippen LogP contribution in [0.1, 0.15) is 13.3 Å². The third kappa shape index (κ3) is 2.88. The van der Waals surface area contributed by atoms with Gasteiger partial charge in [-0.1, -0.05) is 6.92 Å². The van der Waals surface area contributed by atoms with Crippen LogP contribution in [0.4, 0.5) is 5.69 Å². The van der Waals surface area contributed by atoms with Gasteiger partial charge in [-0.05, 0) is 24.6 Å². The molecule has 1 aromatic heterocycles. The summed E-state index contributed by atoms with van der Waals surface area (Å²) < 4.78 is 27.4. The van der Waals surface area contributed by atoms with Crippen LogP contribution in [0.2, 0.25) is 0 Å². The lowest BCUT2D eigenvalue weighted by Gasteiger charge is -2.29. The Morgan fingerprint density at radius 2 is 2.00 bits per heavy atom. The van der Waals surface area contributed by atoms with Crippen LogP contribution in [0.3, 0.4) is 0 Å². The number of H-pyrrole nitrogens is 1. The number of nitrogens with two attached hydrogens (primary N) is 1. The number of aromatic amines is 1. The maximum atomic E-state index is 12.5. The Bertz CT molecular complexity index is 727. The van der Waals surface area contributed by atoms with Gasteiger partial charge >= 0.3 is 0 Å². The zero-order chi connectivity index (χ0) is 15.7. The van der Waals surface area contributed by atoms with Gasteiger partial charge in [0.2, 0.25) is 10.0 Å². The highest BCUT2D eigenvalue weighted by Crippen LogP contribution is 2.26. The van der Waals surface area contributed by atoms with E-state index in [9.17, 15) is 18.6 Å². The molecule has 0 aliphatic heterocycles. The summed E-state index contributed by atoms with van der Waals surface area (Å²) in [4.78, 5) is 2.89. The van der Waals surface area contributed by atoms with Crippen molar-refractivity contribution in [3.05, 3.63) is 24.4 Å². The van der Waals surface area contributed by atoms with Crippen LogP contribution in [-0.4, -0.2) is 42.4 Å². The Kier molecular flexibility index (Phi) is 4.24. The molecule has 21 heavy (non-hydrogen) atoms. The van der Waals surface area contributed by atoms with Gasteiger partial charge in [0.05, 0.1) is 18.8 Å². The van der Waals surface area contributed by atoms with Crippen LogP contribution in [0.15, 0.2) is 29.3 Å². The summed E-state index contributed by atoms with van der Waals surface area (Å²) in [5.41, 5.74) is 5.49. The van der Waals surface area contributed by atoms with Crippen LogP contribution >= 0.6 is 0 Å². The van der Waals surface area contributed by atoms with E-state index in [0.717, 1.165) is 0 Å². The first-order valence-electron chi connectivity index (χ1n) is 6.50. The molecule has 0 atom stereocenters. The van der Waals surface area contributed by atoms with Gasteiger partial charge in [-0.3, -0.25) is 0 Å². The normalized spacial score (nSPS) is 12.9. The first kappa shape index (κ1) is 15.8. The molecule has 0 radical (unpaired) electrons. The van der Waals surface area contributed by atoms with E-state index in [1.165, 1.54) is 6.20 Å². The van der Waals surface area contributed by atoms with Crippen LogP contribution in [0.5, 0.6) is 0 Å². The number of aliphatic hydroxyl groups is 2. The molecule has 2 rings (SSSR count). The zero-order valence-electron chi connectivity index (χ0n) is 11.6. The molecule has 0 amide bonds. The predicted molar refractivity (Wildman–Crippen MR) is 80.2 cm³/mol. The van der Waals surface area contributed by atoms with Crippen LogP contribution < -0.4 is 10.5 Å². The highest BCUT2D eigenvalue weighted by molar-refractivity contribution is 7.89. The lowest BCUT2D eigenvalue weighted by atomic mass is 10.0. The maximum absolute atomic E-state index is 12.5. The van der Waals surface area contributed by atoms with E-state index in [1.807, 2.05) is 0 Å². The molecule has 116 valence electrons. The number of aliphatic hydroxyl groups excluding tert-OH is 2. The topological polar surface area (TPSA) is 128 Å². The molecule has 0 aliphatic rings. The molecular formula is C13H19N3O4S. The molecule has 8 heteroatoms. The Balaban J connectivity index is 2.49. The van der Waals surface area contributed by atoms with Gasteiger partial charge in [-0.15, -0.1) is 0 Å². The van der Waals surface area contributed by atoms with Gasteiger partial charge in [-0.25, -0.2) is 13.1 Å². The molecule has 1 aromatic carbocycles. The molecule has 2 aromatic rings. The number of hydrogen-bond acceptors (Lipinski definition) is 5. The zero-order valence-corrected chi connectivity index (χ0v) is 12.4. The third-order valence-corrected chi connectivity index (χ3v) is 5.21. The van der Waals surface area contributed by atoms with E-state index in [0.29, 0.717) is 16.6 Å². The number of sulfonamides is 1. The van der Waals surface area contributed by atoms with E-state index in [4.69, 9.17) is 5.73 Å². The highest BCUT2D eigenvalue weighted by Gasteiger charge is 2.33. The summed E-state index contributed by atoms with van der Waals surface area (Å²) in [5, 5.41) is 19.2. The average Bonchev–Trinajstić information content (AvgIpc) is 2.88. The first-order valence-corrected chi connectivity index (χ1v) is 7.98. The van der Waals surface area contributed by atoms with Crippen molar-refractivity contribution in [1.82, 2.24) is 9.71 Å². The fraction of sp³-hybridized carbons (Fsp3) is 0.385. The molecule has 0 unspecified atom stereocenters. The molecule has 0 bridgehead atoms. The average molecular weight is 313 g/mol. The fourth-order valence-corrected chi connectivity index (χ4v) is 3.71. The molecule has 0 fully saturated rings. The van der Waals surface area contributed by atoms with E-state index in [2.05, 4.69) is 9.71 Å². The summed E-state index contributed by atoms with van der Waals surface area (Å²) >= 11 is 0. The maximum Gasteiger partial charge on any atom is 0.243 e. The third-order valence-electron chi connectivity index (χ3n) is 3.59. The number of hydrogen-bond donors (Lipinski definition) is 5. The molecule has 0 aliphatic carbocycles. The fourth-order valence-electron chi connectivity index (χ4n) is 2.09. The van der Waals surface area contributed by atoms with E-state index in [1.54, 1.807) is 25.1 Å². The minimum atomic E-state index is -3.91. The van der Waals surface area contributed by atoms with Crippen LogP contribution in [0, 0.1) is 0 Å². The second kappa shape index (κ2) is 5.64. The van der Waals surface area contributed by atoms with E-state index in [-0.39, 0.29) is 11.3 Å². The van der Waals surface area contributed by atoms with Gasteiger partial charge in [0.1, 0.15) is 4.90 Å². The minimum absolute atomic E-state index is 0.0320. The smallest absolute Gasteiger partial charge is 0.243 e. The standard InChI is InChI=1S/C13H19N3O4S/c1-2-13(7-17,8-18)16-21(19,20)12-6-15-11-4-3-9(14)5-10(11)12/h3-6,15-18H,2,7-8,14H2,1H3. The Hall–Kier alpha value is -1.61. The molecular weight excluding hydrogens is 294 g/mol. The number of aromatic nitrogens is 1. The summed E-state index contributed by atoms with van der Waals surface area (Å²) in [6.07, 6.45) is 1.62. The molecule has 1 heterocycles. The van der Waals surface area contributed by atoms with Crippen molar-refractivity contribution in [2.45, 2.75) is 23.8 Å². The summed E-state index contributed by atoms with van der Waals surface area (Å²) in [7, 11) is -3.91. The van der Waals surface area contributed by atoms with Crippen molar-refractivity contribution in [3.63, 3.8) is 0 Å². The second-order valence-electron chi connectivity index (χ2n) is 5.01. The van der Waals surface area contributed by atoms with Crippen molar-refractivity contribution >= 4 is 26.6 Å².